The number of halogens is 2. The minimum Gasteiger partial charge on any atom is -0.150 e. The zero-order valence-corrected chi connectivity index (χ0v) is 11.2. The molecular weight excluding hydrogens is 219 g/mol. The molecule has 1 aliphatic rings. The summed E-state index contributed by atoms with van der Waals surface area (Å²) in [4.78, 5) is 0. The Kier molecular flexibility index (Phi) is 5.13. The maximum atomic E-state index is 6.25. The molecule has 78 valence electrons. The maximum absolute atomic E-state index is 6.25. The molecule has 0 amide bonds. The number of hydrogen-bond acceptors (Lipinski definition) is 0. The van der Waals surface area contributed by atoms with Crippen LogP contribution >= 0.6 is 22.2 Å². The van der Waals surface area contributed by atoms with Crippen molar-refractivity contribution in [2.45, 2.75) is 63.3 Å². The van der Waals surface area contributed by atoms with Gasteiger partial charge in [0.2, 0.25) is 7.42 Å². The highest BCUT2D eigenvalue weighted by molar-refractivity contribution is 7.35. The largest absolute Gasteiger partial charge is 0.243 e. The van der Waals surface area contributed by atoms with Gasteiger partial charge in [-0.2, -0.15) is 0 Å². The lowest BCUT2D eigenvalue weighted by atomic mass is 9.84. The first-order chi connectivity index (χ1) is 6.21. The highest BCUT2D eigenvalue weighted by Gasteiger charge is 2.38. The van der Waals surface area contributed by atoms with Gasteiger partial charge < -0.3 is 0 Å². The van der Waals surface area contributed by atoms with E-state index in [9.17, 15) is 0 Å². The summed E-state index contributed by atoms with van der Waals surface area (Å²) in [6.45, 7) is 2.25. The van der Waals surface area contributed by atoms with Crippen LogP contribution in [0.25, 0.3) is 0 Å². The topological polar surface area (TPSA) is 0 Å². The molecule has 1 rings (SSSR count). The summed E-state index contributed by atoms with van der Waals surface area (Å²) in [6.07, 6.45) is 10.6. The Morgan fingerprint density at radius 3 is 2.23 bits per heavy atom. The molecule has 0 bridgehead atoms. The second kappa shape index (κ2) is 5.62. The Balaban J connectivity index is 2.51. The zero-order chi connectivity index (χ0) is 9.73. The van der Waals surface area contributed by atoms with Crippen LogP contribution in [0.15, 0.2) is 0 Å². The lowest BCUT2D eigenvalue weighted by Gasteiger charge is -2.37. The maximum Gasteiger partial charge on any atom is 0.243 e. The van der Waals surface area contributed by atoms with Gasteiger partial charge in [0.1, 0.15) is 0 Å². The smallest absolute Gasteiger partial charge is 0.150 e. The van der Waals surface area contributed by atoms with Gasteiger partial charge in [0.25, 0.3) is 0 Å². The third-order valence-corrected chi connectivity index (χ3v) is 7.91. The van der Waals surface area contributed by atoms with Crippen molar-refractivity contribution in [3.05, 3.63) is 0 Å². The number of unbranched alkanes of at least 4 members (excludes halogenated alkanes) is 1. The molecule has 0 atom stereocenters. The summed E-state index contributed by atoms with van der Waals surface area (Å²) in [7, 11) is -1.47. The van der Waals surface area contributed by atoms with E-state index in [1.807, 2.05) is 0 Å². The predicted octanol–water partition coefficient (Wildman–Crippen LogP) is 4.58. The summed E-state index contributed by atoms with van der Waals surface area (Å²) in [5.74, 6) is 0. The van der Waals surface area contributed by atoms with Crippen molar-refractivity contribution >= 4 is 29.6 Å². The fourth-order valence-corrected chi connectivity index (χ4v) is 5.59. The van der Waals surface area contributed by atoms with Crippen LogP contribution in [0.2, 0.25) is 5.04 Å². The van der Waals surface area contributed by atoms with E-state index in [0.717, 1.165) is 0 Å². The average molecular weight is 239 g/mol. The molecule has 1 aliphatic carbocycles. The normalized spacial score (nSPS) is 22.2. The SMILES string of the molecule is CCCCC1([SiH](Cl)Cl)CCCCC1. The molecule has 0 radical (unpaired) electrons. The third-order valence-electron chi connectivity index (χ3n) is 3.34. The van der Waals surface area contributed by atoms with Gasteiger partial charge in [-0.1, -0.05) is 39.0 Å². The second-order valence-corrected chi connectivity index (χ2v) is 9.44. The van der Waals surface area contributed by atoms with Gasteiger partial charge >= 0.3 is 0 Å². The Labute approximate surface area is 93.0 Å². The standard InChI is InChI=1S/C10H20Cl2Si/c1-2-3-7-10(13(11)12)8-5-4-6-9-10/h13H,2-9H2,1H3. The summed E-state index contributed by atoms with van der Waals surface area (Å²) in [6, 6.07) is 0. The predicted molar refractivity (Wildman–Crippen MR) is 64.2 cm³/mol. The lowest BCUT2D eigenvalue weighted by Crippen LogP contribution is -2.27. The van der Waals surface area contributed by atoms with Gasteiger partial charge in [-0.05, 0) is 24.3 Å². The zero-order valence-electron chi connectivity index (χ0n) is 8.49. The molecule has 3 heteroatoms. The van der Waals surface area contributed by atoms with Crippen molar-refractivity contribution in [1.29, 1.82) is 0 Å². The van der Waals surface area contributed by atoms with Gasteiger partial charge in [-0.15, -0.1) is 22.2 Å². The van der Waals surface area contributed by atoms with Crippen molar-refractivity contribution in [1.82, 2.24) is 0 Å². The molecule has 0 heterocycles. The highest BCUT2D eigenvalue weighted by atomic mass is 35.7. The van der Waals surface area contributed by atoms with Crippen molar-refractivity contribution in [2.24, 2.45) is 0 Å². The minimum absolute atomic E-state index is 0.400. The van der Waals surface area contributed by atoms with E-state index in [-0.39, 0.29) is 0 Å². The van der Waals surface area contributed by atoms with Crippen LogP contribution in [0.3, 0.4) is 0 Å². The molecule has 1 fully saturated rings. The molecule has 1 saturated carbocycles. The molecule has 0 N–H and O–H groups in total. The van der Waals surface area contributed by atoms with Crippen LogP contribution in [0.4, 0.5) is 0 Å². The monoisotopic (exact) mass is 238 g/mol. The molecule has 0 saturated heterocycles. The second-order valence-electron chi connectivity index (χ2n) is 4.33. The van der Waals surface area contributed by atoms with Crippen molar-refractivity contribution in [2.75, 3.05) is 0 Å². The van der Waals surface area contributed by atoms with E-state index in [1.165, 1.54) is 51.4 Å². The van der Waals surface area contributed by atoms with E-state index in [2.05, 4.69) is 6.92 Å². The Morgan fingerprint density at radius 2 is 1.77 bits per heavy atom. The minimum atomic E-state index is -1.47. The van der Waals surface area contributed by atoms with Crippen LogP contribution < -0.4 is 0 Å². The summed E-state index contributed by atoms with van der Waals surface area (Å²) in [5, 5.41) is 0.400. The van der Waals surface area contributed by atoms with E-state index in [1.54, 1.807) is 0 Å². The van der Waals surface area contributed by atoms with Crippen LogP contribution in [0.1, 0.15) is 58.3 Å². The van der Waals surface area contributed by atoms with Gasteiger partial charge in [0.15, 0.2) is 0 Å². The molecule has 0 nitrogen and oxygen atoms in total. The summed E-state index contributed by atoms with van der Waals surface area (Å²) >= 11 is 12.5. The van der Waals surface area contributed by atoms with E-state index in [0.29, 0.717) is 5.04 Å². The van der Waals surface area contributed by atoms with Gasteiger partial charge in [0.05, 0.1) is 0 Å². The Bertz CT molecular complexity index is 142. The first kappa shape index (κ1) is 11.9. The van der Waals surface area contributed by atoms with Crippen LogP contribution in [-0.2, 0) is 0 Å². The van der Waals surface area contributed by atoms with E-state index >= 15 is 0 Å². The molecule has 0 aliphatic heterocycles. The first-order valence-corrected chi connectivity index (χ1v) is 9.56. The Morgan fingerprint density at radius 1 is 1.15 bits per heavy atom. The fourth-order valence-electron chi connectivity index (χ4n) is 2.36. The third kappa shape index (κ3) is 3.14. The van der Waals surface area contributed by atoms with Crippen LogP contribution in [0.5, 0.6) is 0 Å². The van der Waals surface area contributed by atoms with Gasteiger partial charge in [-0.3, -0.25) is 0 Å². The van der Waals surface area contributed by atoms with Crippen LogP contribution in [-0.4, -0.2) is 7.42 Å². The molecule has 13 heavy (non-hydrogen) atoms. The van der Waals surface area contributed by atoms with E-state index in [4.69, 9.17) is 22.2 Å². The van der Waals surface area contributed by atoms with E-state index < -0.39 is 7.42 Å². The van der Waals surface area contributed by atoms with Crippen molar-refractivity contribution in [3.63, 3.8) is 0 Å². The first-order valence-electron chi connectivity index (χ1n) is 5.49. The fraction of sp³-hybridized carbons (Fsp3) is 1.00. The molecule has 0 aromatic carbocycles. The molecular formula is C10H20Cl2Si. The van der Waals surface area contributed by atoms with Crippen LogP contribution in [0, 0.1) is 0 Å². The molecule has 0 spiro atoms. The van der Waals surface area contributed by atoms with Gasteiger partial charge in [-0.25, -0.2) is 0 Å². The Hall–Kier alpha value is 0.797. The summed E-state index contributed by atoms with van der Waals surface area (Å²) in [5.41, 5.74) is 0. The van der Waals surface area contributed by atoms with Gasteiger partial charge in [0, 0.05) is 0 Å². The quantitative estimate of drug-likeness (QED) is 0.497. The average Bonchev–Trinajstić information content (AvgIpc) is 2.16. The summed E-state index contributed by atoms with van der Waals surface area (Å²) < 4.78 is 0. The van der Waals surface area contributed by atoms with Crippen molar-refractivity contribution < 1.29 is 0 Å². The van der Waals surface area contributed by atoms with Crippen molar-refractivity contribution in [3.8, 4) is 0 Å². The number of hydrogen-bond donors (Lipinski definition) is 0. The molecule has 0 aromatic heterocycles. The highest BCUT2D eigenvalue weighted by Crippen LogP contribution is 2.51. The lowest BCUT2D eigenvalue weighted by molar-refractivity contribution is 0.348. The number of rotatable bonds is 4. The molecule has 0 aromatic rings. The molecule has 0 unspecified atom stereocenters.